The highest BCUT2D eigenvalue weighted by Crippen LogP contribution is 2.43. The van der Waals surface area contributed by atoms with Crippen molar-refractivity contribution in [3.05, 3.63) is 72.8 Å². The van der Waals surface area contributed by atoms with E-state index in [-0.39, 0.29) is 11.1 Å². The summed E-state index contributed by atoms with van der Waals surface area (Å²) in [5.41, 5.74) is 7.19. The number of phenols is 1. The Morgan fingerprint density at radius 2 is 1.64 bits per heavy atom. The summed E-state index contributed by atoms with van der Waals surface area (Å²) in [6.45, 7) is 2.33. The molecule has 0 spiro atoms. The molecule has 36 heavy (non-hydrogen) atoms. The van der Waals surface area contributed by atoms with Crippen LogP contribution in [0.3, 0.4) is 0 Å². The van der Waals surface area contributed by atoms with E-state index in [9.17, 15) is 18.1 Å². The first-order valence-electron chi connectivity index (χ1n) is 10.9. The second-order valence-corrected chi connectivity index (χ2v) is 9.15. The fourth-order valence-electron chi connectivity index (χ4n) is 3.34. The average Bonchev–Trinajstić information content (AvgIpc) is 2.86. The lowest BCUT2D eigenvalue weighted by Crippen LogP contribution is -1.99. The predicted molar refractivity (Wildman–Crippen MR) is 137 cm³/mol. The monoisotopic (exact) mass is 505 g/mol. The molecule has 10 nitrogen and oxygen atoms in total. The van der Waals surface area contributed by atoms with Crippen molar-refractivity contribution in [3.63, 3.8) is 0 Å². The number of azo groups is 2. The van der Waals surface area contributed by atoms with Gasteiger partial charge in [0.25, 0.3) is 10.1 Å². The van der Waals surface area contributed by atoms with Crippen molar-refractivity contribution in [2.45, 2.75) is 18.2 Å². The van der Waals surface area contributed by atoms with Gasteiger partial charge in [-0.3, -0.25) is 4.55 Å². The van der Waals surface area contributed by atoms with Crippen LogP contribution < -0.4 is 10.5 Å². The van der Waals surface area contributed by atoms with Crippen molar-refractivity contribution < 1.29 is 22.8 Å². The lowest BCUT2D eigenvalue weighted by Gasteiger charge is -2.10. The number of nitrogen functional groups attached to an aromatic ring is 1. The molecule has 4 aromatic rings. The third-order valence-electron chi connectivity index (χ3n) is 5.05. The molecule has 0 unspecified atom stereocenters. The van der Waals surface area contributed by atoms with Gasteiger partial charge in [0.05, 0.1) is 18.0 Å². The molecule has 0 fully saturated rings. The first kappa shape index (κ1) is 24.8. The Hall–Kier alpha value is -4.35. The van der Waals surface area contributed by atoms with E-state index in [2.05, 4.69) is 20.5 Å². The van der Waals surface area contributed by atoms with Crippen LogP contribution in [0.4, 0.5) is 28.4 Å². The zero-order valence-corrected chi connectivity index (χ0v) is 20.1. The first-order valence-corrected chi connectivity index (χ1v) is 12.4. The van der Waals surface area contributed by atoms with Crippen LogP contribution in [0.25, 0.3) is 10.8 Å². The first-order chi connectivity index (χ1) is 17.3. The number of aromatic hydroxyl groups is 1. The summed E-state index contributed by atoms with van der Waals surface area (Å²) in [6.07, 6.45) is 0.728. The molecule has 0 saturated carbocycles. The smallest absolute Gasteiger partial charge is 0.296 e. The van der Waals surface area contributed by atoms with E-state index < -0.39 is 26.5 Å². The van der Waals surface area contributed by atoms with Gasteiger partial charge in [0, 0.05) is 17.1 Å². The average molecular weight is 506 g/mol. The molecule has 4 N–H and O–H groups in total. The number of rotatable bonds is 8. The van der Waals surface area contributed by atoms with Gasteiger partial charge in [-0.2, -0.15) is 18.6 Å². The van der Waals surface area contributed by atoms with Crippen LogP contribution in [0.5, 0.6) is 11.5 Å². The van der Waals surface area contributed by atoms with Crippen molar-refractivity contribution >= 4 is 49.3 Å². The van der Waals surface area contributed by atoms with Gasteiger partial charge in [0.15, 0.2) is 5.75 Å². The van der Waals surface area contributed by atoms with Crippen molar-refractivity contribution in [1.29, 1.82) is 0 Å². The summed E-state index contributed by atoms with van der Waals surface area (Å²) in [6, 6.07) is 19.8. The van der Waals surface area contributed by atoms with E-state index in [4.69, 9.17) is 10.5 Å². The van der Waals surface area contributed by atoms with Gasteiger partial charge in [-0.15, -0.1) is 10.2 Å². The quantitative estimate of drug-likeness (QED) is 0.133. The number of anilines is 1. The van der Waals surface area contributed by atoms with Crippen molar-refractivity contribution in [3.8, 4) is 11.5 Å². The van der Waals surface area contributed by atoms with Crippen molar-refractivity contribution in [2.75, 3.05) is 12.3 Å². The summed E-state index contributed by atoms with van der Waals surface area (Å²) in [5, 5.41) is 27.9. The second kappa shape index (κ2) is 10.5. The molecule has 0 aliphatic heterocycles. The van der Waals surface area contributed by atoms with Crippen LogP contribution in [0.2, 0.25) is 0 Å². The lowest BCUT2D eigenvalue weighted by molar-refractivity contribution is 0.318. The van der Waals surface area contributed by atoms with Gasteiger partial charge in [0.2, 0.25) is 0 Å². The van der Waals surface area contributed by atoms with E-state index >= 15 is 0 Å². The number of nitrogens with two attached hydrogens (primary N) is 1. The van der Waals surface area contributed by atoms with Gasteiger partial charge in [-0.25, -0.2) is 0 Å². The molecule has 0 aromatic heterocycles. The fourth-order valence-corrected chi connectivity index (χ4v) is 4.00. The van der Waals surface area contributed by atoms with E-state index in [0.29, 0.717) is 34.8 Å². The van der Waals surface area contributed by atoms with Crippen LogP contribution in [-0.4, -0.2) is 24.7 Å². The number of phenolic OH excluding ortho intramolecular Hbond substituents is 1. The Kier molecular flexibility index (Phi) is 7.23. The highest BCUT2D eigenvalue weighted by Gasteiger charge is 2.22. The molecule has 0 heterocycles. The zero-order chi connectivity index (χ0) is 25.7. The maximum absolute atomic E-state index is 12.0. The molecule has 11 heteroatoms. The topological polar surface area (TPSA) is 159 Å². The molecule has 0 aliphatic rings. The highest BCUT2D eigenvalue weighted by molar-refractivity contribution is 7.86. The summed E-state index contributed by atoms with van der Waals surface area (Å²) in [5.74, 6) is -0.150. The standard InChI is InChI=1S/C25H23N5O5S/c1-2-12-35-22-15-19(28-27-18-6-4-3-5-7-18)10-11-21(22)29-30-24-23(36(32,33)34)13-16-8-9-17(26)14-20(16)25(24)31/h3-11,13-15,31H,2,12,26H2,1H3,(H,32,33,34). The SMILES string of the molecule is CCCOc1cc(N=Nc2ccccc2)ccc1N=Nc1c(S(=O)(=O)O)cc2ccc(N)cc2c1O. The molecule has 4 rings (SSSR count). The van der Waals surface area contributed by atoms with Crippen molar-refractivity contribution in [2.24, 2.45) is 20.5 Å². The fraction of sp³-hybridized carbons (Fsp3) is 0.120. The Labute approximate surface area is 207 Å². The molecule has 0 amide bonds. The molecule has 184 valence electrons. The number of nitrogens with zero attached hydrogens (tertiary/aromatic N) is 4. The van der Waals surface area contributed by atoms with Gasteiger partial charge in [0.1, 0.15) is 22.0 Å². The largest absolute Gasteiger partial charge is 0.505 e. The number of fused-ring (bicyclic) bond motifs is 1. The third kappa shape index (κ3) is 5.65. The van der Waals surface area contributed by atoms with Crippen LogP contribution >= 0.6 is 0 Å². The number of hydrogen-bond acceptors (Lipinski definition) is 9. The number of hydrogen-bond donors (Lipinski definition) is 3. The highest BCUT2D eigenvalue weighted by atomic mass is 32.2. The van der Waals surface area contributed by atoms with Crippen molar-refractivity contribution in [1.82, 2.24) is 0 Å². The maximum atomic E-state index is 12.0. The summed E-state index contributed by atoms with van der Waals surface area (Å²) >= 11 is 0. The van der Waals surface area contributed by atoms with Crippen LogP contribution in [0.15, 0.2) is 98.1 Å². The van der Waals surface area contributed by atoms with Gasteiger partial charge < -0.3 is 15.6 Å². The zero-order valence-electron chi connectivity index (χ0n) is 19.2. The van der Waals surface area contributed by atoms with Gasteiger partial charge in [-0.05, 0) is 54.3 Å². The minimum Gasteiger partial charge on any atom is -0.505 e. The van der Waals surface area contributed by atoms with Crippen LogP contribution in [0, 0.1) is 0 Å². The van der Waals surface area contributed by atoms with Crippen LogP contribution in [0.1, 0.15) is 13.3 Å². The number of ether oxygens (including phenoxy) is 1. The Bertz CT molecular complexity index is 1570. The van der Waals surface area contributed by atoms with E-state index in [1.54, 1.807) is 24.3 Å². The van der Waals surface area contributed by atoms with Gasteiger partial charge >= 0.3 is 0 Å². The lowest BCUT2D eigenvalue weighted by atomic mass is 10.1. The molecular formula is C25H23N5O5S. The molecular weight excluding hydrogens is 482 g/mol. The Morgan fingerprint density at radius 3 is 2.36 bits per heavy atom. The summed E-state index contributed by atoms with van der Waals surface area (Å²) in [4.78, 5) is -0.592. The molecule has 0 radical (unpaired) electrons. The molecule has 0 saturated heterocycles. The molecule has 0 atom stereocenters. The predicted octanol–water partition coefficient (Wildman–Crippen LogP) is 6.99. The Morgan fingerprint density at radius 1 is 0.889 bits per heavy atom. The van der Waals surface area contributed by atoms with E-state index in [1.165, 1.54) is 18.2 Å². The normalized spacial score (nSPS) is 12.1. The van der Waals surface area contributed by atoms with Gasteiger partial charge in [-0.1, -0.05) is 31.2 Å². The summed E-state index contributed by atoms with van der Waals surface area (Å²) in [7, 11) is -4.73. The van der Waals surface area contributed by atoms with E-state index in [0.717, 1.165) is 6.42 Å². The minimum absolute atomic E-state index is 0.260. The van der Waals surface area contributed by atoms with E-state index in [1.807, 2.05) is 37.3 Å². The second-order valence-electron chi connectivity index (χ2n) is 7.76. The number of benzene rings is 4. The summed E-state index contributed by atoms with van der Waals surface area (Å²) < 4.78 is 39.6. The van der Waals surface area contributed by atoms with Crippen LogP contribution in [-0.2, 0) is 10.1 Å². The molecule has 0 bridgehead atoms. The molecule has 4 aromatic carbocycles. The maximum Gasteiger partial charge on any atom is 0.296 e. The Balaban J connectivity index is 1.77. The third-order valence-corrected chi connectivity index (χ3v) is 5.92. The molecule has 0 aliphatic carbocycles. The minimum atomic E-state index is -4.73.